The smallest absolute Gasteiger partial charge is 0.128 e. The Labute approximate surface area is 109 Å². The van der Waals surface area contributed by atoms with Crippen LogP contribution in [0.3, 0.4) is 0 Å². The van der Waals surface area contributed by atoms with Crippen LogP contribution in [-0.2, 0) is 5.60 Å². The molecule has 0 radical (unpaired) electrons. The highest BCUT2D eigenvalue weighted by atomic mass is 16.5. The number of methoxy groups -OCH3 is 1. The third-order valence-electron chi connectivity index (χ3n) is 4.04. The molecule has 0 spiro atoms. The first-order chi connectivity index (χ1) is 8.58. The summed E-state index contributed by atoms with van der Waals surface area (Å²) in [6.07, 6.45) is 2.53. The summed E-state index contributed by atoms with van der Waals surface area (Å²) >= 11 is 0. The summed E-state index contributed by atoms with van der Waals surface area (Å²) in [4.78, 5) is 0. The molecule has 0 aromatic heterocycles. The summed E-state index contributed by atoms with van der Waals surface area (Å²) in [5.41, 5.74) is 2.51. The van der Waals surface area contributed by atoms with Crippen LogP contribution < -0.4 is 10.1 Å². The predicted molar refractivity (Wildman–Crippen MR) is 73.1 cm³/mol. The van der Waals surface area contributed by atoms with Crippen molar-refractivity contribution in [2.24, 2.45) is 0 Å². The van der Waals surface area contributed by atoms with Crippen LogP contribution in [0.25, 0.3) is 0 Å². The quantitative estimate of drug-likeness (QED) is 0.845. The number of rotatable bonds is 2. The highest BCUT2D eigenvalue weighted by Crippen LogP contribution is 2.39. The van der Waals surface area contributed by atoms with Crippen LogP contribution in [0.1, 0.15) is 36.0 Å². The van der Waals surface area contributed by atoms with Gasteiger partial charge in [-0.05, 0) is 57.3 Å². The molecule has 1 aromatic rings. The van der Waals surface area contributed by atoms with Crippen molar-refractivity contribution in [1.82, 2.24) is 5.32 Å². The Morgan fingerprint density at radius 3 is 2.72 bits per heavy atom. The normalized spacial score (nSPS) is 24.7. The van der Waals surface area contributed by atoms with Crippen LogP contribution in [-0.4, -0.2) is 25.3 Å². The number of benzene rings is 1. The van der Waals surface area contributed by atoms with E-state index >= 15 is 0 Å². The molecule has 2 N–H and O–H groups in total. The van der Waals surface area contributed by atoms with Crippen LogP contribution >= 0.6 is 0 Å². The summed E-state index contributed by atoms with van der Waals surface area (Å²) in [7, 11) is 1.68. The lowest BCUT2D eigenvalue weighted by Gasteiger charge is -2.29. The first-order valence-corrected chi connectivity index (χ1v) is 6.66. The molecule has 1 aliphatic heterocycles. The molecule has 0 bridgehead atoms. The number of aliphatic hydroxyl groups is 1. The molecule has 1 unspecified atom stereocenters. The fourth-order valence-electron chi connectivity index (χ4n) is 2.74. The zero-order chi connectivity index (χ0) is 13.2. The van der Waals surface area contributed by atoms with Crippen LogP contribution in [0.5, 0.6) is 5.75 Å². The lowest BCUT2D eigenvalue weighted by Crippen LogP contribution is -2.28. The maximum Gasteiger partial charge on any atom is 0.128 e. The lowest BCUT2D eigenvalue weighted by molar-refractivity contribution is 0.0217. The molecule has 1 aliphatic rings. The maximum atomic E-state index is 10.9. The molecule has 3 nitrogen and oxygen atoms in total. The topological polar surface area (TPSA) is 41.5 Å². The van der Waals surface area contributed by atoms with Gasteiger partial charge in [0.15, 0.2) is 0 Å². The van der Waals surface area contributed by atoms with Crippen molar-refractivity contribution in [3.05, 3.63) is 28.8 Å². The van der Waals surface area contributed by atoms with E-state index in [9.17, 15) is 5.11 Å². The van der Waals surface area contributed by atoms with E-state index < -0.39 is 5.60 Å². The summed E-state index contributed by atoms with van der Waals surface area (Å²) < 4.78 is 5.54. The van der Waals surface area contributed by atoms with E-state index in [2.05, 4.69) is 25.2 Å². The number of nitrogens with one attached hydrogen (secondary N) is 1. The van der Waals surface area contributed by atoms with Gasteiger partial charge in [-0.3, -0.25) is 0 Å². The summed E-state index contributed by atoms with van der Waals surface area (Å²) in [6, 6.07) is 4.09. The highest BCUT2D eigenvalue weighted by molar-refractivity contribution is 5.48. The molecule has 1 atom stereocenters. The van der Waals surface area contributed by atoms with Gasteiger partial charge in [0.25, 0.3) is 0 Å². The molecular formula is C15H23NO2. The number of ether oxygens (including phenoxy) is 1. The first kappa shape index (κ1) is 13.4. The van der Waals surface area contributed by atoms with Crippen molar-refractivity contribution < 1.29 is 9.84 Å². The fourth-order valence-corrected chi connectivity index (χ4v) is 2.74. The number of hydrogen-bond acceptors (Lipinski definition) is 3. The monoisotopic (exact) mass is 249 g/mol. The zero-order valence-electron chi connectivity index (χ0n) is 11.5. The predicted octanol–water partition coefficient (Wildman–Crippen LogP) is 2.27. The van der Waals surface area contributed by atoms with E-state index in [1.54, 1.807) is 7.11 Å². The van der Waals surface area contributed by atoms with Gasteiger partial charge >= 0.3 is 0 Å². The largest absolute Gasteiger partial charge is 0.496 e. The second-order valence-electron chi connectivity index (χ2n) is 5.22. The van der Waals surface area contributed by atoms with Crippen molar-refractivity contribution in [2.75, 3.05) is 20.2 Å². The average Bonchev–Trinajstić information content (AvgIpc) is 2.58. The van der Waals surface area contributed by atoms with Crippen molar-refractivity contribution in [1.29, 1.82) is 0 Å². The van der Waals surface area contributed by atoms with Crippen molar-refractivity contribution in [3.8, 4) is 5.75 Å². The van der Waals surface area contributed by atoms with Crippen molar-refractivity contribution >= 4 is 0 Å². The van der Waals surface area contributed by atoms with Crippen LogP contribution in [0, 0.1) is 13.8 Å². The molecular weight excluding hydrogens is 226 g/mol. The molecule has 3 heteroatoms. The Morgan fingerprint density at radius 2 is 2.00 bits per heavy atom. The van der Waals surface area contributed by atoms with Crippen LogP contribution in [0.15, 0.2) is 12.1 Å². The zero-order valence-corrected chi connectivity index (χ0v) is 11.5. The Hall–Kier alpha value is -1.06. The fraction of sp³-hybridized carbons (Fsp3) is 0.600. The first-order valence-electron chi connectivity index (χ1n) is 6.66. The van der Waals surface area contributed by atoms with Gasteiger partial charge in [-0.1, -0.05) is 12.1 Å². The number of hydrogen-bond donors (Lipinski definition) is 2. The van der Waals surface area contributed by atoms with Crippen molar-refractivity contribution in [2.45, 2.75) is 38.7 Å². The molecule has 0 saturated carbocycles. The van der Waals surface area contributed by atoms with Gasteiger partial charge in [0.2, 0.25) is 0 Å². The van der Waals surface area contributed by atoms with E-state index in [0.29, 0.717) is 0 Å². The van der Waals surface area contributed by atoms with E-state index in [-0.39, 0.29) is 0 Å². The second kappa shape index (κ2) is 5.29. The van der Waals surface area contributed by atoms with E-state index in [4.69, 9.17) is 4.74 Å². The minimum Gasteiger partial charge on any atom is -0.496 e. The average molecular weight is 249 g/mol. The summed E-state index contributed by atoms with van der Waals surface area (Å²) in [5.74, 6) is 0.847. The van der Waals surface area contributed by atoms with Crippen LogP contribution in [0.4, 0.5) is 0 Å². The van der Waals surface area contributed by atoms with Gasteiger partial charge in [0, 0.05) is 5.56 Å². The maximum absolute atomic E-state index is 10.9. The molecule has 1 heterocycles. The van der Waals surface area contributed by atoms with Gasteiger partial charge in [-0.25, -0.2) is 0 Å². The third-order valence-corrected chi connectivity index (χ3v) is 4.04. The van der Waals surface area contributed by atoms with Gasteiger partial charge in [-0.15, -0.1) is 0 Å². The molecule has 0 amide bonds. The Kier molecular flexibility index (Phi) is 3.93. The van der Waals surface area contributed by atoms with Crippen molar-refractivity contribution in [3.63, 3.8) is 0 Å². The Bertz CT molecular complexity index is 421. The Morgan fingerprint density at radius 1 is 1.22 bits per heavy atom. The van der Waals surface area contributed by atoms with Gasteiger partial charge in [0.1, 0.15) is 5.75 Å². The van der Waals surface area contributed by atoms with E-state index in [0.717, 1.165) is 49.2 Å². The summed E-state index contributed by atoms with van der Waals surface area (Å²) in [6.45, 7) is 5.96. The van der Waals surface area contributed by atoms with Gasteiger partial charge in [-0.2, -0.15) is 0 Å². The Balaban J connectivity index is 2.45. The number of aryl methyl sites for hydroxylation is 1. The molecule has 1 aromatic carbocycles. The third kappa shape index (κ3) is 2.38. The molecule has 18 heavy (non-hydrogen) atoms. The summed E-state index contributed by atoms with van der Waals surface area (Å²) in [5, 5.41) is 14.3. The minimum atomic E-state index is -0.757. The minimum absolute atomic E-state index is 0.742. The van der Waals surface area contributed by atoms with Crippen LogP contribution in [0.2, 0.25) is 0 Å². The standard InChI is InChI=1S/C15H23NO2/c1-11-5-6-13(14(18-3)12(11)2)15(17)7-4-9-16-10-8-15/h5-6,16-17H,4,7-10H2,1-3H3. The molecule has 2 rings (SSSR count). The highest BCUT2D eigenvalue weighted by Gasteiger charge is 2.33. The second-order valence-corrected chi connectivity index (χ2v) is 5.22. The van der Waals surface area contributed by atoms with E-state index in [1.807, 2.05) is 6.07 Å². The van der Waals surface area contributed by atoms with Gasteiger partial charge in [0.05, 0.1) is 12.7 Å². The molecule has 0 aliphatic carbocycles. The van der Waals surface area contributed by atoms with Gasteiger partial charge < -0.3 is 15.2 Å². The SMILES string of the molecule is COc1c(C2(O)CCCNCC2)ccc(C)c1C. The molecule has 100 valence electrons. The molecule has 1 fully saturated rings. The lowest BCUT2D eigenvalue weighted by atomic mass is 9.84. The van der Waals surface area contributed by atoms with E-state index in [1.165, 1.54) is 5.56 Å². The molecule has 1 saturated heterocycles.